The molecular formula is C39H38O12. The lowest BCUT2D eigenvalue weighted by molar-refractivity contribution is -0.142. The fraction of sp³-hybridized carbons (Fsp3) is 0.179. The SMILES string of the molecule is COc1cc([C@@H](O)[C@@H](COC(=O)/C=C/c2ccc(O)cc2)Oc2c(OC)cc(/C=C/COC(=O)/C=C/c3ccc(O)cc3)cc2OC)ccc1O. The Morgan fingerprint density at radius 1 is 0.647 bits per heavy atom. The first-order valence-corrected chi connectivity index (χ1v) is 15.5. The molecule has 12 nitrogen and oxygen atoms in total. The van der Waals surface area contributed by atoms with Crippen molar-refractivity contribution in [2.45, 2.75) is 12.2 Å². The number of ether oxygens (including phenoxy) is 6. The molecule has 0 spiro atoms. The van der Waals surface area contributed by atoms with E-state index in [9.17, 15) is 30.0 Å². The van der Waals surface area contributed by atoms with Crippen molar-refractivity contribution in [2.75, 3.05) is 34.5 Å². The highest BCUT2D eigenvalue weighted by molar-refractivity contribution is 5.87. The number of aromatic hydroxyl groups is 3. The predicted molar refractivity (Wildman–Crippen MR) is 189 cm³/mol. The van der Waals surface area contributed by atoms with Crippen molar-refractivity contribution in [1.29, 1.82) is 0 Å². The van der Waals surface area contributed by atoms with Crippen LogP contribution < -0.4 is 18.9 Å². The Bertz CT molecular complexity index is 1840. The van der Waals surface area contributed by atoms with Crippen LogP contribution in [0, 0.1) is 0 Å². The summed E-state index contributed by atoms with van der Waals surface area (Å²) in [6.07, 6.45) is 6.26. The zero-order valence-electron chi connectivity index (χ0n) is 28.1. The smallest absolute Gasteiger partial charge is 0.331 e. The molecule has 51 heavy (non-hydrogen) atoms. The molecule has 0 aliphatic heterocycles. The third-order valence-electron chi connectivity index (χ3n) is 7.28. The number of carbonyl (C=O) groups excluding carboxylic acids is 2. The van der Waals surface area contributed by atoms with Gasteiger partial charge in [0.1, 0.15) is 30.8 Å². The van der Waals surface area contributed by atoms with Gasteiger partial charge in [0.25, 0.3) is 0 Å². The van der Waals surface area contributed by atoms with Gasteiger partial charge in [-0.1, -0.05) is 36.4 Å². The van der Waals surface area contributed by atoms with Crippen LogP contribution in [0.4, 0.5) is 0 Å². The second kappa shape index (κ2) is 18.4. The summed E-state index contributed by atoms with van der Waals surface area (Å²) >= 11 is 0. The Labute approximate surface area is 294 Å². The maximum absolute atomic E-state index is 12.7. The summed E-state index contributed by atoms with van der Waals surface area (Å²) in [5, 5.41) is 40.4. The molecule has 4 N–H and O–H groups in total. The fourth-order valence-electron chi connectivity index (χ4n) is 4.62. The van der Waals surface area contributed by atoms with Crippen LogP contribution in [0.5, 0.6) is 40.2 Å². The van der Waals surface area contributed by atoms with Gasteiger partial charge in [0.05, 0.1) is 21.3 Å². The number of hydrogen-bond donors (Lipinski definition) is 4. The van der Waals surface area contributed by atoms with Gasteiger partial charge in [0.2, 0.25) is 5.75 Å². The number of aliphatic hydroxyl groups excluding tert-OH is 1. The van der Waals surface area contributed by atoms with Crippen molar-refractivity contribution in [3.05, 3.63) is 119 Å². The minimum absolute atomic E-state index is 0.0292. The minimum atomic E-state index is -1.39. The maximum atomic E-state index is 12.7. The molecule has 12 heteroatoms. The Balaban J connectivity index is 1.51. The summed E-state index contributed by atoms with van der Waals surface area (Å²) in [5.41, 5.74) is 2.28. The molecule has 2 atom stereocenters. The van der Waals surface area contributed by atoms with E-state index in [4.69, 9.17) is 28.4 Å². The van der Waals surface area contributed by atoms with E-state index in [0.717, 1.165) is 5.56 Å². The second-order valence-electron chi connectivity index (χ2n) is 10.8. The number of rotatable bonds is 16. The predicted octanol–water partition coefficient (Wildman–Crippen LogP) is 5.84. The Hall–Kier alpha value is -6.40. The maximum Gasteiger partial charge on any atom is 0.331 e. The first-order chi connectivity index (χ1) is 24.6. The highest BCUT2D eigenvalue weighted by atomic mass is 16.6. The second-order valence-corrected chi connectivity index (χ2v) is 10.8. The van der Waals surface area contributed by atoms with Gasteiger partial charge in [-0.2, -0.15) is 0 Å². The van der Waals surface area contributed by atoms with Crippen molar-refractivity contribution < 1.29 is 58.4 Å². The van der Waals surface area contributed by atoms with Crippen molar-refractivity contribution in [1.82, 2.24) is 0 Å². The van der Waals surface area contributed by atoms with E-state index in [1.807, 2.05) is 0 Å². The molecule has 0 amide bonds. The Kier molecular flexibility index (Phi) is 13.5. The first-order valence-electron chi connectivity index (χ1n) is 15.5. The van der Waals surface area contributed by atoms with Gasteiger partial charge < -0.3 is 48.8 Å². The van der Waals surface area contributed by atoms with Crippen LogP contribution in [0.1, 0.15) is 28.4 Å². The monoisotopic (exact) mass is 698 g/mol. The molecule has 0 fully saturated rings. The Morgan fingerprint density at radius 2 is 1.18 bits per heavy atom. The number of methoxy groups -OCH3 is 3. The summed E-state index contributed by atoms with van der Waals surface area (Å²) in [7, 11) is 4.21. The molecule has 4 rings (SSSR count). The highest BCUT2D eigenvalue weighted by Gasteiger charge is 2.28. The van der Waals surface area contributed by atoms with Gasteiger partial charge in [-0.05, 0) is 89.0 Å². The molecule has 266 valence electrons. The molecule has 0 heterocycles. The molecule has 0 aromatic heterocycles. The summed E-state index contributed by atoms with van der Waals surface area (Å²) in [5.74, 6) is -0.535. The minimum Gasteiger partial charge on any atom is -0.508 e. The number of phenolic OH excluding ortho intramolecular Hbond substituents is 3. The largest absolute Gasteiger partial charge is 0.508 e. The number of aliphatic hydroxyl groups is 1. The number of phenols is 3. The van der Waals surface area contributed by atoms with E-state index in [1.54, 1.807) is 54.6 Å². The zero-order chi connectivity index (χ0) is 36.8. The molecule has 0 unspecified atom stereocenters. The van der Waals surface area contributed by atoms with Crippen LogP contribution in [0.3, 0.4) is 0 Å². The number of esters is 2. The molecule has 0 saturated heterocycles. The van der Waals surface area contributed by atoms with Crippen LogP contribution in [-0.4, -0.2) is 73.0 Å². The zero-order valence-corrected chi connectivity index (χ0v) is 28.1. The summed E-state index contributed by atoms with van der Waals surface area (Å²) in [6.45, 7) is -0.442. The number of carbonyl (C=O) groups is 2. The van der Waals surface area contributed by atoms with Crippen molar-refractivity contribution >= 4 is 30.2 Å². The topological polar surface area (TPSA) is 170 Å². The number of hydrogen-bond acceptors (Lipinski definition) is 12. The third kappa shape index (κ3) is 11.1. The first kappa shape index (κ1) is 37.4. The van der Waals surface area contributed by atoms with E-state index in [2.05, 4.69) is 0 Å². The van der Waals surface area contributed by atoms with Gasteiger partial charge in [0, 0.05) is 12.2 Å². The van der Waals surface area contributed by atoms with Crippen molar-refractivity contribution in [3.63, 3.8) is 0 Å². The lowest BCUT2D eigenvalue weighted by Gasteiger charge is -2.26. The molecular weight excluding hydrogens is 660 g/mol. The molecule has 0 radical (unpaired) electrons. The quantitative estimate of drug-likeness (QED) is 0.0816. The lowest BCUT2D eigenvalue weighted by atomic mass is 10.0. The van der Waals surface area contributed by atoms with Crippen LogP contribution >= 0.6 is 0 Å². The van der Waals surface area contributed by atoms with E-state index < -0.39 is 30.8 Å². The Morgan fingerprint density at radius 3 is 1.71 bits per heavy atom. The van der Waals surface area contributed by atoms with Gasteiger partial charge in [-0.3, -0.25) is 0 Å². The van der Waals surface area contributed by atoms with Crippen LogP contribution in [0.15, 0.2) is 97.1 Å². The summed E-state index contributed by atoms with van der Waals surface area (Å²) in [4.78, 5) is 24.8. The summed E-state index contributed by atoms with van der Waals surface area (Å²) in [6, 6.07) is 20.1. The fourth-order valence-corrected chi connectivity index (χ4v) is 4.62. The van der Waals surface area contributed by atoms with Crippen molar-refractivity contribution in [3.8, 4) is 40.2 Å². The molecule has 4 aromatic carbocycles. The summed E-state index contributed by atoms with van der Waals surface area (Å²) < 4.78 is 33.3. The van der Waals surface area contributed by atoms with Gasteiger partial charge in [-0.15, -0.1) is 0 Å². The van der Waals surface area contributed by atoms with E-state index in [-0.39, 0.29) is 46.9 Å². The average Bonchev–Trinajstić information content (AvgIpc) is 3.14. The average molecular weight is 699 g/mol. The highest BCUT2D eigenvalue weighted by Crippen LogP contribution is 2.41. The third-order valence-corrected chi connectivity index (χ3v) is 7.28. The van der Waals surface area contributed by atoms with E-state index in [1.165, 1.54) is 82.0 Å². The van der Waals surface area contributed by atoms with Gasteiger partial charge in [0.15, 0.2) is 29.1 Å². The van der Waals surface area contributed by atoms with E-state index in [0.29, 0.717) is 16.7 Å². The lowest BCUT2D eigenvalue weighted by Crippen LogP contribution is -2.31. The van der Waals surface area contributed by atoms with Crippen LogP contribution in [-0.2, 0) is 19.1 Å². The molecule has 0 aliphatic rings. The molecule has 4 aromatic rings. The standard InChI is InChI=1S/C39H38O12/c1-46-32-23-28(12-17-31(32)42)38(45)35(24-50-37(44)19-11-26-8-15-30(41)16-9-26)51-39-33(47-2)21-27(22-34(39)48-3)5-4-20-49-36(43)18-10-25-6-13-29(40)14-7-25/h4-19,21-23,35,38,40-42,45H,20,24H2,1-3H3/b5-4+,18-10+,19-11+/t35-,38-/m1/s1. The number of benzene rings is 4. The van der Waals surface area contributed by atoms with Gasteiger partial charge >= 0.3 is 11.9 Å². The normalized spacial score (nSPS) is 12.5. The van der Waals surface area contributed by atoms with E-state index >= 15 is 0 Å². The molecule has 0 bridgehead atoms. The molecule has 0 saturated carbocycles. The van der Waals surface area contributed by atoms with Gasteiger partial charge in [-0.25, -0.2) is 9.59 Å². The molecule has 0 aliphatic carbocycles. The van der Waals surface area contributed by atoms with Crippen LogP contribution in [0.2, 0.25) is 0 Å². The van der Waals surface area contributed by atoms with Crippen LogP contribution in [0.25, 0.3) is 18.2 Å². The van der Waals surface area contributed by atoms with Crippen molar-refractivity contribution in [2.24, 2.45) is 0 Å².